The summed E-state index contributed by atoms with van der Waals surface area (Å²) in [5, 5.41) is 10.3. The maximum atomic E-state index is 12.6. The molecule has 1 aliphatic carbocycles. The van der Waals surface area contributed by atoms with E-state index in [1.54, 1.807) is 25.3 Å². The summed E-state index contributed by atoms with van der Waals surface area (Å²) in [7, 11) is 0. The number of carbonyl (C=O) groups is 1. The van der Waals surface area contributed by atoms with Crippen LogP contribution in [-0.2, 0) is 9.53 Å². The zero-order valence-electron chi connectivity index (χ0n) is 23.8. The largest absolute Gasteiger partial charge is 0.492 e. The van der Waals surface area contributed by atoms with Crippen LogP contribution in [0.4, 0.5) is 18.9 Å². The summed E-state index contributed by atoms with van der Waals surface area (Å²) in [5.41, 5.74) is 2.81. The van der Waals surface area contributed by atoms with E-state index in [4.69, 9.17) is 9.47 Å². The van der Waals surface area contributed by atoms with Gasteiger partial charge in [-0.2, -0.15) is 13.2 Å². The first-order chi connectivity index (χ1) is 18.8. The molecule has 2 aromatic rings. The summed E-state index contributed by atoms with van der Waals surface area (Å²) in [6, 6.07) is 3.41. The van der Waals surface area contributed by atoms with Crippen molar-refractivity contribution in [3.8, 4) is 17.0 Å². The highest BCUT2D eigenvalue weighted by molar-refractivity contribution is 5.85. The molecule has 2 aliphatic rings. The van der Waals surface area contributed by atoms with Crippen molar-refractivity contribution >= 4 is 11.7 Å². The molecule has 1 saturated carbocycles. The van der Waals surface area contributed by atoms with Crippen molar-refractivity contribution in [1.29, 1.82) is 0 Å². The standard InChI is InChI=1S/C30H40F3N3O4/c1-20-24(26(27(37)38)40-28(2,3)4)25(36-15-13-29(14-16-36)10-5-6-11-29)22(19-34-20)23-9-8-21(18-35-23)39-17-7-12-30(31,32)33/h8-9,18-19,26H,5-7,10-17H2,1-4H3,(H,37,38)/t26-/m0/s1. The predicted molar refractivity (Wildman–Crippen MR) is 147 cm³/mol. The van der Waals surface area contributed by atoms with Crippen LogP contribution < -0.4 is 9.64 Å². The maximum absolute atomic E-state index is 12.6. The number of pyridine rings is 2. The van der Waals surface area contributed by atoms with Crippen LogP contribution in [0, 0.1) is 12.3 Å². The summed E-state index contributed by atoms with van der Waals surface area (Å²) in [5.74, 6) is -0.716. The second kappa shape index (κ2) is 11.9. The Bertz CT molecular complexity index is 1160. The highest BCUT2D eigenvalue weighted by Crippen LogP contribution is 2.49. The summed E-state index contributed by atoms with van der Waals surface area (Å²) in [4.78, 5) is 24.0. The molecular formula is C30H40F3N3O4. The van der Waals surface area contributed by atoms with Crippen LogP contribution in [-0.4, -0.2) is 52.5 Å². The molecule has 4 rings (SSSR count). The number of piperidine rings is 1. The number of halogens is 3. The molecule has 1 saturated heterocycles. The number of aliphatic carboxylic acids is 1. The van der Waals surface area contributed by atoms with Crippen molar-refractivity contribution in [2.75, 3.05) is 24.6 Å². The van der Waals surface area contributed by atoms with E-state index in [0.717, 1.165) is 31.6 Å². The lowest BCUT2D eigenvalue weighted by atomic mass is 9.76. The third kappa shape index (κ3) is 7.44. The smallest absolute Gasteiger partial charge is 0.389 e. The minimum Gasteiger partial charge on any atom is -0.492 e. The predicted octanol–water partition coefficient (Wildman–Crippen LogP) is 7.27. The number of carboxylic acids is 1. The zero-order chi connectivity index (χ0) is 29.1. The average molecular weight is 564 g/mol. The second-order valence-electron chi connectivity index (χ2n) is 12.1. The maximum Gasteiger partial charge on any atom is 0.389 e. The molecule has 3 heterocycles. The molecule has 10 heteroatoms. The van der Waals surface area contributed by atoms with Crippen LogP contribution in [0.1, 0.15) is 89.5 Å². The Balaban J connectivity index is 1.68. The number of aromatic nitrogens is 2. The van der Waals surface area contributed by atoms with Crippen molar-refractivity contribution in [2.24, 2.45) is 5.41 Å². The van der Waals surface area contributed by atoms with Gasteiger partial charge in [-0.15, -0.1) is 0 Å². The topological polar surface area (TPSA) is 84.8 Å². The molecule has 0 amide bonds. The number of anilines is 1. The lowest BCUT2D eigenvalue weighted by Gasteiger charge is -2.42. The fraction of sp³-hybridized carbons (Fsp3) is 0.633. The van der Waals surface area contributed by atoms with Gasteiger partial charge >= 0.3 is 12.1 Å². The highest BCUT2D eigenvalue weighted by atomic mass is 19.4. The molecule has 1 N–H and O–H groups in total. The normalized spacial score (nSPS) is 18.2. The first kappa shape index (κ1) is 30.1. The van der Waals surface area contributed by atoms with Gasteiger partial charge in [0.1, 0.15) is 5.75 Å². The Labute approximate surface area is 234 Å². The molecule has 7 nitrogen and oxygen atoms in total. The Morgan fingerprint density at radius 1 is 1.07 bits per heavy atom. The summed E-state index contributed by atoms with van der Waals surface area (Å²) in [6.45, 7) is 8.82. The van der Waals surface area contributed by atoms with Gasteiger partial charge in [-0.25, -0.2) is 4.79 Å². The van der Waals surface area contributed by atoms with E-state index in [9.17, 15) is 23.1 Å². The van der Waals surface area contributed by atoms with E-state index in [1.165, 1.54) is 31.9 Å². The third-order valence-corrected chi connectivity index (χ3v) is 7.94. The first-order valence-electron chi connectivity index (χ1n) is 14.1. The van der Waals surface area contributed by atoms with Crippen LogP contribution in [0.5, 0.6) is 5.75 Å². The fourth-order valence-electron chi connectivity index (χ4n) is 5.95. The molecule has 1 spiro atoms. The monoisotopic (exact) mass is 563 g/mol. The number of aryl methyl sites for hydroxylation is 1. The average Bonchev–Trinajstić information content (AvgIpc) is 3.33. The molecule has 2 fully saturated rings. The van der Waals surface area contributed by atoms with Gasteiger partial charge in [0.05, 0.1) is 29.8 Å². The number of ether oxygens (including phenoxy) is 2. The molecular weight excluding hydrogens is 523 g/mol. The number of hydrogen-bond donors (Lipinski definition) is 1. The van der Waals surface area contributed by atoms with E-state index in [-0.39, 0.29) is 13.0 Å². The van der Waals surface area contributed by atoms with Crippen LogP contribution in [0.15, 0.2) is 24.5 Å². The minimum absolute atomic E-state index is 0.0675. The van der Waals surface area contributed by atoms with Gasteiger partial charge in [-0.1, -0.05) is 12.8 Å². The molecule has 0 aromatic carbocycles. The second-order valence-corrected chi connectivity index (χ2v) is 12.1. The van der Waals surface area contributed by atoms with E-state index >= 15 is 0 Å². The van der Waals surface area contributed by atoms with Crippen molar-refractivity contribution in [1.82, 2.24) is 9.97 Å². The van der Waals surface area contributed by atoms with E-state index in [2.05, 4.69) is 14.9 Å². The van der Waals surface area contributed by atoms with Gasteiger partial charge in [0.25, 0.3) is 0 Å². The number of alkyl halides is 3. The van der Waals surface area contributed by atoms with Crippen LogP contribution in [0.2, 0.25) is 0 Å². The third-order valence-electron chi connectivity index (χ3n) is 7.94. The van der Waals surface area contributed by atoms with Gasteiger partial charge in [0.2, 0.25) is 0 Å². The zero-order valence-corrected chi connectivity index (χ0v) is 23.8. The minimum atomic E-state index is -4.21. The summed E-state index contributed by atoms with van der Waals surface area (Å²) < 4.78 is 48.9. The lowest BCUT2D eigenvalue weighted by molar-refractivity contribution is -0.160. The first-order valence-corrected chi connectivity index (χ1v) is 14.1. The summed E-state index contributed by atoms with van der Waals surface area (Å²) >= 11 is 0. The lowest BCUT2D eigenvalue weighted by Crippen LogP contribution is -2.40. The van der Waals surface area contributed by atoms with Crippen molar-refractivity contribution in [3.63, 3.8) is 0 Å². The SMILES string of the molecule is Cc1ncc(-c2ccc(OCCCC(F)(F)F)cn2)c(N2CCC3(CCCC3)CC2)c1[C@H](OC(C)(C)C)C(=O)O. The van der Waals surface area contributed by atoms with Crippen molar-refractivity contribution in [3.05, 3.63) is 35.8 Å². The molecule has 220 valence electrons. The number of rotatable bonds is 9. The van der Waals surface area contributed by atoms with Crippen LogP contribution in [0.3, 0.4) is 0 Å². The quantitative estimate of drug-likeness (QED) is 0.321. The Morgan fingerprint density at radius 3 is 2.30 bits per heavy atom. The Kier molecular flexibility index (Phi) is 8.97. The van der Waals surface area contributed by atoms with Crippen molar-refractivity contribution in [2.45, 2.75) is 96.9 Å². The Morgan fingerprint density at radius 2 is 1.75 bits per heavy atom. The van der Waals surface area contributed by atoms with Gasteiger partial charge in [0, 0.05) is 42.5 Å². The van der Waals surface area contributed by atoms with Gasteiger partial charge in [-0.05, 0) is 77.3 Å². The molecule has 1 aliphatic heterocycles. The molecule has 40 heavy (non-hydrogen) atoms. The van der Waals surface area contributed by atoms with Crippen LogP contribution >= 0.6 is 0 Å². The summed E-state index contributed by atoms with van der Waals surface area (Å²) in [6.07, 6.45) is 3.83. The number of hydrogen-bond acceptors (Lipinski definition) is 6. The Hall–Kier alpha value is -2.88. The molecule has 0 radical (unpaired) electrons. The van der Waals surface area contributed by atoms with Gasteiger partial charge in [0.15, 0.2) is 6.10 Å². The highest BCUT2D eigenvalue weighted by Gasteiger charge is 2.40. The molecule has 1 atom stereocenters. The fourth-order valence-corrected chi connectivity index (χ4v) is 5.95. The van der Waals surface area contributed by atoms with Gasteiger partial charge in [-0.3, -0.25) is 9.97 Å². The van der Waals surface area contributed by atoms with Crippen molar-refractivity contribution < 1.29 is 32.5 Å². The molecule has 0 bridgehead atoms. The van der Waals surface area contributed by atoms with E-state index in [0.29, 0.717) is 33.7 Å². The van der Waals surface area contributed by atoms with E-state index < -0.39 is 30.3 Å². The molecule has 0 unspecified atom stereocenters. The molecule has 2 aromatic heterocycles. The van der Waals surface area contributed by atoms with E-state index in [1.807, 2.05) is 20.8 Å². The van der Waals surface area contributed by atoms with Crippen LogP contribution in [0.25, 0.3) is 11.3 Å². The number of carboxylic acid groups (broad SMARTS) is 1. The number of nitrogens with zero attached hydrogens (tertiary/aromatic N) is 3. The van der Waals surface area contributed by atoms with Gasteiger partial charge < -0.3 is 19.5 Å².